The van der Waals surface area contributed by atoms with E-state index >= 15 is 0 Å². The number of nitrogens with one attached hydrogen (secondary N) is 1. The summed E-state index contributed by atoms with van der Waals surface area (Å²) in [6, 6.07) is 11.6. The van der Waals surface area contributed by atoms with Crippen LogP contribution in [-0.4, -0.2) is 27.7 Å². The lowest BCUT2D eigenvalue weighted by atomic mass is 10.1. The third-order valence-corrected chi connectivity index (χ3v) is 3.75. The number of ether oxygens (including phenoxy) is 1. The number of hydrogen-bond acceptors (Lipinski definition) is 5. The van der Waals surface area contributed by atoms with E-state index in [1.807, 2.05) is 0 Å². The predicted octanol–water partition coefficient (Wildman–Crippen LogP) is 3.24. The van der Waals surface area contributed by atoms with Crippen LogP contribution in [0.2, 0.25) is 0 Å². The van der Waals surface area contributed by atoms with Gasteiger partial charge in [-0.15, -0.1) is 0 Å². The van der Waals surface area contributed by atoms with Crippen LogP contribution in [0.25, 0.3) is 0 Å². The highest BCUT2D eigenvalue weighted by atomic mass is 19.1. The molecular weight excluding hydrogens is 355 g/mol. The highest BCUT2D eigenvalue weighted by molar-refractivity contribution is 6.04. The average Bonchev–Trinajstić information content (AvgIpc) is 3.07. The van der Waals surface area contributed by atoms with Crippen molar-refractivity contribution < 1.29 is 18.8 Å². The van der Waals surface area contributed by atoms with E-state index in [-0.39, 0.29) is 28.6 Å². The maximum absolute atomic E-state index is 13.2. The van der Waals surface area contributed by atoms with Crippen LogP contribution >= 0.6 is 0 Å². The van der Waals surface area contributed by atoms with Crippen molar-refractivity contribution in [2.24, 2.45) is 0 Å². The highest BCUT2D eigenvalue weighted by Gasteiger charge is 2.18. The minimum Gasteiger partial charge on any atom is -0.490 e. The molecule has 9 heteroatoms. The number of nitro benzene ring substituents is 1. The summed E-state index contributed by atoms with van der Waals surface area (Å²) >= 11 is 0. The molecule has 2 aromatic carbocycles. The molecule has 1 N–H and O–H groups in total. The largest absolute Gasteiger partial charge is 0.490 e. The number of methoxy groups -OCH3 is 1. The Morgan fingerprint density at radius 2 is 2.11 bits per heavy atom. The van der Waals surface area contributed by atoms with Crippen molar-refractivity contribution in [3.8, 4) is 5.75 Å². The van der Waals surface area contributed by atoms with Gasteiger partial charge in [0.15, 0.2) is 11.6 Å². The molecule has 0 spiro atoms. The standard InChI is InChI=1S/C18H15FN4O4/c1-27-16-6-5-13(10-15(16)23(25)26)18(24)20-17-7-8-22(21-17)11-12-3-2-4-14(19)9-12/h2-10H,11H2,1H3,(H,20,21,24). The first-order valence-corrected chi connectivity index (χ1v) is 7.88. The van der Waals surface area contributed by atoms with Crippen molar-refractivity contribution in [1.29, 1.82) is 0 Å². The Bertz CT molecular complexity index is 1000. The molecule has 0 aliphatic heterocycles. The SMILES string of the molecule is COc1ccc(C(=O)Nc2ccn(Cc3cccc(F)c3)n2)cc1[N+](=O)[O-]. The lowest BCUT2D eigenvalue weighted by Gasteiger charge is -2.05. The fourth-order valence-electron chi connectivity index (χ4n) is 2.50. The summed E-state index contributed by atoms with van der Waals surface area (Å²) in [5, 5.41) is 17.8. The summed E-state index contributed by atoms with van der Waals surface area (Å²) in [6.45, 7) is 0.335. The number of halogens is 1. The van der Waals surface area contributed by atoms with Gasteiger partial charge >= 0.3 is 5.69 Å². The van der Waals surface area contributed by atoms with Gasteiger partial charge in [-0.3, -0.25) is 19.6 Å². The predicted molar refractivity (Wildman–Crippen MR) is 95.3 cm³/mol. The van der Waals surface area contributed by atoms with Crippen LogP contribution in [0.15, 0.2) is 54.7 Å². The van der Waals surface area contributed by atoms with Crippen LogP contribution < -0.4 is 10.1 Å². The summed E-state index contributed by atoms with van der Waals surface area (Å²) < 4.78 is 19.7. The second kappa shape index (κ2) is 7.65. The quantitative estimate of drug-likeness (QED) is 0.530. The average molecular weight is 370 g/mol. The summed E-state index contributed by atoms with van der Waals surface area (Å²) in [6.07, 6.45) is 1.64. The number of amides is 1. The van der Waals surface area contributed by atoms with Gasteiger partial charge in [-0.1, -0.05) is 12.1 Å². The van der Waals surface area contributed by atoms with E-state index in [0.29, 0.717) is 6.54 Å². The van der Waals surface area contributed by atoms with Crippen molar-refractivity contribution in [1.82, 2.24) is 9.78 Å². The Hall–Kier alpha value is -3.75. The molecule has 0 saturated heterocycles. The Morgan fingerprint density at radius 1 is 1.30 bits per heavy atom. The number of aromatic nitrogens is 2. The summed E-state index contributed by atoms with van der Waals surface area (Å²) in [4.78, 5) is 22.8. The Balaban J connectivity index is 1.72. The van der Waals surface area contributed by atoms with Gasteiger partial charge in [-0.25, -0.2) is 4.39 Å². The zero-order chi connectivity index (χ0) is 19.4. The molecule has 1 amide bonds. The topological polar surface area (TPSA) is 99.3 Å². The molecule has 0 aliphatic rings. The van der Waals surface area contributed by atoms with E-state index < -0.39 is 10.8 Å². The number of nitrogens with zero attached hydrogens (tertiary/aromatic N) is 3. The molecule has 0 saturated carbocycles. The molecule has 0 atom stereocenters. The number of rotatable bonds is 6. The first kappa shape index (κ1) is 18.1. The molecule has 138 valence electrons. The lowest BCUT2D eigenvalue weighted by Crippen LogP contribution is -2.13. The monoisotopic (exact) mass is 370 g/mol. The second-order valence-corrected chi connectivity index (χ2v) is 5.63. The highest BCUT2D eigenvalue weighted by Crippen LogP contribution is 2.27. The molecule has 0 bridgehead atoms. The van der Waals surface area contributed by atoms with Gasteiger partial charge in [0.1, 0.15) is 5.82 Å². The number of benzene rings is 2. The molecule has 0 aliphatic carbocycles. The molecule has 1 heterocycles. The van der Waals surface area contributed by atoms with E-state index in [1.54, 1.807) is 29.1 Å². The van der Waals surface area contributed by atoms with Gasteiger partial charge < -0.3 is 10.1 Å². The molecule has 0 unspecified atom stereocenters. The third-order valence-electron chi connectivity index (χ3n) is 3.75. The molecule has 27 heavy (non-hydrogen) atoms. The fourth-order valence-corrected chi connectivity index (χ4v) is 2.50. The molecule has 0 fully saturated rings. The Kier molecular flexibility index (Phi) is 5.11. The minimum atomic E-state index is -0.622. The third kappa shape index (κ3) is 4.27. The van der Waals surface area contributed by atoms with Crippen molar-refractivity contribution in [3.05, 3.63) is 81.8 Å². The maximum atomic E-state index is 13.2. The maximum Gasteiger partial charge on any atom is 0.311 e. The van der Waals surface area contributed by atoms with Crippen molar-refractivity contribution in [2.45, 2.75) is 6.54 Å². The van der Waals surface area contributed by atoms with Crippen LogP contribution in [0.5, 0.6) is 5.75 Å². The minimum absolute atomic E-state index is 0.0657. The van der Waals surface area contributed by atoms with Crippen LogP contribution in [0.4, 0.5) is 15.9 Å². The number of hydrogen-bond donors (Lipinski definition) is 1. The summed E-state index contributed by atoms with van der Waals surface area (Å²) in [7, 11) is 1.31. The van der Waals surface area contributed by atoms with Crippen LogP contribution in [0, 0.1) is 15.9 Å². The molecule has 3 rings (SSSR count). The van der Waals surface area contributed by atoms with Gasteiger partial charge in [-0.05, 0) is 29.8 Å². The number of carbonyl (C=O) groups is 1. The summed E-state index contributed by atoms with van der Waals surface area (Å²) in [5.41, 5.74) is 0.519. The van der Waals surface area contributed by atoms with Crippen molar-refractivity contribution in [2.75, 3.05) is 12.4 Å². The molecular formula is C18H15FN4O4. The van der Waals surface area contributed by atoms with E-state index in [4.69, 9.17) is 4.74 Å². The van der Waals surface area contributed by atoms with Gasteiger partial charge in [0.2, 0.25) is 0 Å². The Labute approximate surface area is 153 Å². The van der Waals surface area contributed by atoms with E-state index in [9.17, 15) is 19.3 Å². The van der Waals surface area contributed by atoms with Crippen LogP contribution in [-0.2, 0) is 6.54 Å². The number of nitro groups is 1. The van der Waals surface area contributed by atoms with Gasteiger partial charge in [0.05, 0.1) is 18.6 Å². The molecule has 0 radical (unpaired) electrons. The van der Waals surface area contributed by atoms with Crippen molar-refractivity contribution >= 4 is 17.4 Å². The Morgan fingerprint density at radius 3 is 2.81 bits per heavy atom. The number of anilines is 1. The van der Waals surface area contributed by atoms with Crippen LogP contribution in [0.3, 0.4) is 0 Å². The summed E-state index contributed by atoms with van der Waals surface area (Å²) in [5.74, 6) is -0.545. The van der Waals surface area contributed by atoms with E-state index in [0.717, 1.165) is 11.6 Å². The van der Waals surface area contributed by atoms with Gasteiger partial charge in [0.25, 0.3) is 5.91 Å². The number of carbonyl (C=O) groups excluding carboxylic acids is 1. The fraction of sp³-hybridized carbons (Fsp3) is 0.111. The molecule has 1 aromatic heterocycles. The molecule has 8 nitrogen and oxygen atoms in total. The smallest absolute Gasteiger partial charge is 0.311 e. The van der Waals surface area contributed by atoms with E-state index in [1.165, 1.54) is 31.4 Å². The lowest BCUT2D eigenvalue weighted by molar-refractivity contribution is -0.385. The first-order valence-electron chi connectivity index (χ1n) is 7.88. The molecule has 3 aromatic rings. The second-order valence-electron chi connectivity index (χ2n) is 5.63. The normalized spacial score (nSPS) is 10.4. The van der Waals surface area contributed by atoms with E-state index in [2.05, 4.69) is 10.4 Å². The van der Waals surface area contributed by atoms with Gasteiger partial charge in [-0.2, -0.15) is 5.10 Å². The van der Waals surface area contributed by atoms with Crippen LogP contribution in [0.1, 0.15) is 15.9 Å². The van der Waals surface area contributed by atoms with Crippen molar-refractivity contribution in [3.63, 3.8) is 0 Å². The zero-order valence-electron chi connectivity index (χ0n) is 14.3. The zero-order valence-corrected chi connectivity index (χ0v) is 14.3. The first-order chi connectivity index (χ1) is 13.0. The van der Waals surface area contributed by atoms with Gasteiger partial charge in [0, 0.05) is 23.9 Å².